The summed E-state index contributed by atoms with van der Waals surface area (Å²) in [5.41, 5.74) is 5.80. The number of nitrogen functional groups attached to an aromatic ring is 1. The Morgan fingerprint density at radius 1 is 1.22 bits per heavy atom. The van der Waals surface area contributed by atoms with Crippen LogP contribution in [0.4, 0.5) is 20.2 Å². The number of nitrogens with zero attached hydrogens (tertiary/aromatic N) is 1. The van der Waals surface area contributed by atoms with Crippen LogP contribution in [0.2, 0.25) is 5.15 Å². The van der Waals surface area contributed by atoms with Crippen LogP contribution in [0.1, 0.15) is 5.56 Å². The third-order valence-corrected chi connectivity index (χ3v) is 2.64. The van der Waals surface area contributed by atoms with Gasteiger partial charge in [0.1, 0.15) is 11.0 Å². The van der Waals surface area contributed by atoms with E-state index in [9.17, 15) is 8.78 Å². The standard InChI is InChI=1S/C12H10ClF2N3/c13-11-4-1-7(5-18-11)17-6-8-9(14)2-3-10(16)12(8)15/h1-5,17H,6,16H2. The number of anilines is 2. The monoisotopic (exact) mass is 269 g/mol. The summed E-state index contributed by atoms with van der Waals surface area (Å²) in [5, 5.41) is 3.19. The SMILES string of the molecule is Nc1ccc(F)c(CNc2ccc(Cl)nc2)c1F. The Kier molecular flexibility index (Phi) is 3.62. The maximum Gasteiger partial charge on any atom is 0.153 e. The van der Waals surface area contributed by atoms with E-state index in [1.54, 1.807) is 12.1 Å². The number of nitrogens with one attached hydrogen (secondary N) is 1. The number of hydrogen-bond donors (Lipinski definition) is 2. The molecule has 3 N–H and O–H groups in total. The summed E-state index contributed by atoms with van der Waals surface area (Å²) >= 11 is 5.62. The topological polar surface area (TPSA) is 50.9 Å². The van der Waals surface area contributed by atoms with Gasteiger partial charge in [0.2, 0.25) is 0 Å². The predicted molar refractivity (Wildman–Crippen MR) is 67.3 cm³/mol. The average Bonchev–Trinajstić information content (AvgIpc) is 2.36. The van der Waals surface area contributed by atoms with Crippen molar-refractivity contribution in [1.29, 1.82) is 0 Å². The Morgan fingerprint density at radius 3 is 2.67 bits per heavy atom. The zero-order chi connectivity index (χ0) is 13.1. The van der Waals surface area contributed by atoms with Crippen LogP contribution in [0.3, 0.4) is 0 Å². The minimum atomic E-state index is -0.746. The fraction of sp³-hybridized carbons (Fsp3) is 0.0833. The molecule has 2 aromatic rings. The molecule has 0 amide bonds. The Labute approximate surface area is 108 Å². The van der Waals surface area contributed by atoms with Gasteiger partial charge >= 0.3 is 0 Å². The highest BCUT2D eigenvalue weighted by molar-refractivity contribution is 6.29. The van der Waals surface area contributed by atoms with Gasteiger partial charge in [-0.15, -0.1) is 0 Å². The van der Waals surface area contributed by atoms with Gasteiger partial charge in [0, 0.05) is 12.1 Å². The van der Waals surface area contributed by atoms with Crippen molar-refractivity contribution in [3.63, 3.8) is 0 Å². The van der Waals surface area contributed by atoms with Crippen LogP contribution in [-0.2, 0) is 6.54 Å². The van der Waals surface area contributed by atoms with E-state index in [1.165, 1.54) is 12.3 Å². The van der Waals surface area contributed by atoms with Gasteiger partial charge in [0.25, 0.3) is 0 Å². The summed E-state index contributed by atoms with van der Waals surface area (Å²) < 4.78 is 27.0. The van der Waals surface area contributed by atoms with Crippen LogP contribution in [0, 0.1) is 11.6 Å². The number of rotatable bonds is 3. The lowest BCUT2D eigenvalue weighted by Crippen LogP contribution is -2.07. The lowest BCUT2D eigenvalue weighted by molar-refractivity contribution is 0.563. The summed E-state index contributed by atoms with van der Waals surface area (Å²) in [6, 6.07) is 5.57. The Balaban J connectivity index is 2.15. The fourth-order valence-electron chi connectivity index (χ4n) is 1.45. The van der Waals surface area contributed by atoms with Crippen molar-refractivity contribution in [2.45, 2.75) is 6.54 Å². The van der Waals surface area contributed by atoms with E-state index in [1.807, 2.05) is 0 Å². The van der Waals surface area contributed by atoms with Crippen molar-refractivity contribution in [2.75, 3.05) is 11.1 Å². The van der Waals surface area contributed by atoms with Crippen LogP contribution in [0.25, 0.3) is 0 Å². The molecule has 18 heavy (non-hydrogen) atoms. The first-order valence-electron chi connectivity index (χ1n) is 5.15. The molecule has 1 aromatic heterocycles. The third-order valence-electron chi connectivity index (χ3n) is 2.41. The predicted octanol–water partition coefficient (Wildman–Crippen LogP) is 3.21. The van der Waals surface area contributed by atoms with Gasteiger partial charge in [-0.25, -0.2) is 13.8 Å². The van der Waals surface area contributed by atoms with Gasteiger partial charge in [0.05, 0.1) is 17.6 Å². The van der Waals surface area contributed by atoms with E-state index >= 15 is 0 Å². The van der Waals surface area contributed by atoms with E-state index in [-0.39, 0.29) is 17.8 Å². The zero-order valence-electron chi connectivity index (χ0n) is 9.25. The number of hydrogen-bond acceptors (Lipinski definition) is 3. The Bertz CT molecular complexity index is 558. The normalized spacial score (nSPS) is 10.4. The molecule has 0 unspecified atom stereocenters. The van der Waals surface area contributed by atoms with Crippen molar-refractivity contribution in [3.05, 3.63) is 52.8 Å². The highest BCUT2D eigenvalue weighted by Crippen LogP contribution is 2.20. The maximum absolute atomic E-state index is 13.6. The zero-order valence-corrected chi connectivity index (χ0v) is 10.0. The van der Waals surface area contributed by atoms with Gasteiger partial charge in [-0.2, -0.15) is 0 Å². The van der Waals surface area contributed by atoms with Gasteiger partial charge in [-0.1, -0.05) is 11.6 Å². The quantitative estimate of drug-likeness (QED) is 0.664. The molecular weight excluding hydrogens is 260 g/mol. The molecule has 0 bridgehead atoms. The molecule has 0 saturated heterocycles. The number of benzene rings is 1. The molecule has 0 atom stereocenters. The molecule has 0 aliphatic rings. The summed E-state index contributed by atoms with van der Waals surface area (Å²) in [4.78, 5) is 3.84. The minimum absolute atomic E-state index is 0.0218. The smallest absolute Gasteiger partial charge is 0.153 e. The van der Waals surface area contributed by atoms with E-state index < -0.39 is 11.6 Å². The first kappa shape index (κ1) is 12.6. The molecule has 2 rings (SSSR count). The Morgan fingerprint density at radius 2 is 2.00 bits per heavy atom. The fourth-order valence-corrected chi connectivity index (χ4v) is 1.56. The van der Waals surface area contributed by atoms with E-state index in [0.717, 1.165) is 6.07 Å². The molecular formula is C12H10ClF2N3. The molecule has 0 saturated carbocycles. The second kappa shape index (κ2) is 5.18. The second-order valence-electron chi connectivity index (χ2n) is 3.65. The molecule has 0 spiro atoms. The molecule has 3 nitrogen and oxygen atoms in total. The van der Waals surface area contributed by atoms with E-state index in [0.29, 0.717) is 10.8 Å². The van der Waals surface area contributed by atoms with Crippen LogP contribution in [0.5, 0.6) is 0 Å². The van der Waals surface area contributed by atoms with Crippen molar-refractivity contribution < 1.29 is 8.78 Å². The minimum Gasteiger partial charge on any atom is -0.396 e. The van der Waals surface area contributed by atoms with E-state index in [2.05, 4.69) is 10.3 Å². The number of pyridine rings is 1. The summed E-state index contributed by atoms with van der Waals surface area (Å²) in [7, 11) is 0. The van der Waals surface area contributed by atoms with Crippen molar-refractivity contribution >= 4 is 23.0 Å². The molecule has 1 heterocycles. The third kappa shape index (κ3) is 2.68. The van der Waals surface area contributed by atoms with Crippen molar-refractivity contribution in [1.82, 2.24) is 4.98 Å². The van der Waals surface area contributed by atoms with Crippen LogP contribution in [-0.4, -0.2) is 4.98 Å². The van der Waals surface area contributed by atoms with Crippen molar-refractivity contribution in [3.8, 4) is 0 Å². The lowest BCUT2D eigenvalue weighted by Gasteiger charge is -2.09. The maximum atomic E-state index is 13.6. The number of halogens is 3. The molecule has 0 fully saturated rings. The summed E-state index contributed by atoms with van der Waals surface area (Å²) in [6.07, 6.45) is 1.48. The molecule has 6 heteroatoms. The summed E-state index contributed by atoms with van der Waals surface area (Å²) in [6.45, 7) is -0.0218. The molecule has 0 radical (unpaired) electrons. The van der Waals surface area contributed by atoms with Gasteiger partial charge in [-0.3, -0.25) is 0 Å². The molecule has 1 aromatic carbocycles. The highest BCUT2D eigenvalue weighted by Gasteiger charge is 2.11. The summed E-state index contributed by atoms with van der Waals surface area (Å²) in [5.74, 6) is -1.39. The lowest BCUT2D eigenvalue weighted by atomic mass is 10.1. The second-order valence-corrected chi connectivity index (χ2v) is 4.04. The van der Waals surface area contributed by atoms with Crippen LogP contribution >= 0.6 is 11.6 Å². The van der Waals surface area contributed by atoms with Crippen molar-refractivity contribution in [2.24, 2.45) is 0 Å². The number of nitrogens with two attached hydrogens (primary N) is 1. The van der Waals surface area contributed by atoms with Gasteiger partial charge in [-0.05, 0) is 24.3 Å². The first-order chi connectivity index (χ1) is 8.58. The highest BCUT2D eigenvalue weighted by atomic mass is 35.5. The first-order valence-corrected chi connectivity index (χ1v) is 5.53. The molecule has 94 valence electrons. The molecule has 0 aliphatic carbocycles. The molecule has 0 aliphatic heterocycles. The average molecular weight is 270 g/mol. The van der Waals surface area contributed by atoms with E-state index in [4.69, 9.17) is 17.3 Å². The largest absolute Gasteiger partial charge is 0.396 e. The number of aromatic nitrogens is 1. The van der Waals surface area contributed by atoms with Gasteiger partial charge in [0.15, 0.2) is 5.82 Å². The van der Waals surface area contributed by atoms with Crippen LogP contribution in [0.15, 0.2) is 30.5 Å². The van der Waals surface area contributed by atoms with Gasteiger partial charge < -0.3 is 11.1 Å². The van der Waals surface area contributed by atoms with Crippen LogP contribution < -0.4 is 11.1 Å². The Hall–Kier alpha value is -1.88.